The molecule has 0 aliphatic rings. The van der Waals surface area contributed by atoms with Crippen LogP contribution in [0.5, 0.6) is 0 Å². The standard InChI is InChI=1S/C10H24N2O/c1-5-12(6-2)8-10(11-4)9-13-7-3/h10-11H,5-9H2,1-4H3. The van der Waals surface area contributed by atoms with Gasteiger partial charge in [-0.15, -0.1) is 0 Å². The van der Waals surface area contributed by atoms with Crippen molar-refractivity contribution < 1.29 is 4.74 Å². The molecule has 1 atom stereocenters. The average Bonchev–Trinajstić information content (AvgIpc) is 2.19. The van der Waals surface area contributed by atoms with Crippen LogP contribution >= 0.6 is 0 Å². The molecule has 1 unspecified atom stereocenters. The topological polar surface area (TPSA) is 24.5 Å². The zero-order valence-corrected chi connectivity index (χ0v) is 9.47. The molecule has 0 saturated heterocycles. The number of hydrogen-bond acceptors (Lipinski definition) is 3. The second-order valence-corrected chi connectivity index (χ2v) is 3.13. The minimum absolute atomic E-state index is 0.458. The largest absolute Gasteiger partial charge is 0.380 e. The van der Waals surface area contributed by atoms with Crippen LogP contribution in [-0.4, -0.2) is 50.8 Å². The molecule has 3 nitrogen and oxygen atoms in total. The second kappa shape index (κ2) is 8.48. The predicted octanol–water partition coefficient (Wildman–Crippen LogP) is 0.953. The molecule has 80 valence electrons. The highest BCUT2D eigenvalue weighted by molar-refractivity contribution is 4.68. The summed E-state index contributed by atoms with van der Waals surface area (Å²) in [6, 6.07) is 0.458. The third kappa shape index (κ3) is 6.02. The van der Waals surface area contributed by atoms with Gasteiger partial charge in [0.25, 0.3) is 0 Å². The van der Waals surface area contributed by atoms with E-state index >= 15 is 0 Å². The highest BCUT2D eigenvalue weighted by atomic mass is 16.5. The van der Waals surface area contributed by atoms with Crippen LogP contribution in [0.3, 0.4) is 0 Å². The molecule has 0 spiro atoms. The van der Waals surface area contributed by atoms with Gasteiger partial charge >= 0.3 is 0 Å². The molecule has 0 bridgehead atoms. The number of ether oxygens (including phenoxy) is 1. The number of hydrogen-bond donors (Lipinski definition) is 1. The van der Waals surface area contributed by atoms with Crippen molar-refractivity contribution in [3.05, 3.63) is 0 Å². The summed E-state index contributed by atoms with van der Waals surface area (Å²) in [6.07, 6.45) is 0. The van der Waals surface area contributed by atoms with Crippen LogP contribution in [0.15, 0.2) is 0 Å². The van der Waals surface area contributed by atoms with E-state index in [-0.39, 0.29) is 0 Å². The zero-order chi connectivity index (χ0) is 10.1. The van der Waals surface area contributed by atoms with E-state index in [1.165, 1.54) is 0 Å². The first-order valence-electron chi connectivity index (χ1n) is 5.25. The van der Waals surface area contributed by atoms with Gasteiger partial charge in [-0.3, -0.25) is 0 Å². The molecule has 0 aromatic heterocycles. The van der Waals surface area contributed by atoms with Gasteiger partial charge in [-0.1, -0.05) is 13.8 Å². The van der Waals surface area contributed by atoms with E-state index in [1.54, 1.807) is 0 Å². The van der Waals surface area contributed by atoms with E-state index in [4.69, 9.17) is 4.74 Å². The third-order valence-corrected chi connectivity index (χ3v) is 2.30. The molecular formula is C10H24N2O. The first-order valence-corrected chi connectivity index (χ1v) is 5.25. The second-order valence-electron chi connectivity index (χ2n) is 3.13. The van der Waals surface area contributed by atoms with Crippen molar-refractivity contribution in [3.8, 4) is 0 Å². The summed E-state index contributed by atoms with van der Waals surface area (Å²) in [5, 5.41) is 3.27. The Hall–Kier alpha value is -0.120. The fraction of sp³-hybridized carbons (Fsp3) is 1.00. The molecule has 13 heavy (non-hydrogen) atoms. The van der Waals surface area contributed by atoms with Crippen molar-refractivity contribution in [2.75, 3.05) is 39.9 Å². The smallest absolute Gasteiger partial charge is 0.0631 e. The predicted molar refractivity (Wildman–Crippen MR) is 57.1 cm³/mol. The van der Waals surface area contributed by atoms with Gasteiger partial charge in [-0.05, 0) is 27.1 Å². The van der Waals surface area contributed by atoms with Gasteiger partial charge in [-0.25, -0.2) is 0 Å². The Bertz CT molecular complexity index is 105. The lowest BCUT2D eigenvalue weighted by Crippen LogP contribution is -2.42. The first-order chi connectivity index (χ1) is 6.28. The van der Waals surface area contributed by atoms with Crippen LogP contribution in [0.2, 0.25) is 0 Å². The quantitative estimate of drug-likeness (QED) is 0.614. The van der Waals surface area contributed by atoms with Crippen molar-refractivity contribution in [2.24, 2.45) is 0 Å². The van der Waals surface area contributed by atoms with Crippen LogP contribution in [0, 0.1) is 0 Å². The van der Waals surface area contributed by atoms with E-state index in [9.17, 15) is 0 Å². The molecule has 0 aromatic carbocycles. The highest BCUT2D eigenvalue weighted by Crippen LogP contribution is 1.93. The monoisotopic (exact) mass is 188 g/mol. The molecule has 0 rings (SSSR count). The van der Waals surface area contributed by atoms with Gasteiger partial charge in [0.1, 0.15) is 0 Å². The van der Waals surface area contributed by atoms with Gasteiger partial charge in [0.2, 0.25) is 0 Å². The summed E-state index contributed by atoms with van der Waals surface area (Å²) in [6.45, 7) is 11.3. The Morgan fingerprint density at radius 1 is 1.23 bits per heavy atom. The van der Waals surface area contributed by atoms with Crippen LogP contribution in [0.1, 0.15) is 20.8 Å². The van der Waals surface area contributed by atoms with Crippen molar-refractivity contribution in [3.63, 3.8) is 0 Å². The molecule has 1 N–H and O–H groups in total. The molecule has 0 saturated carbocycles. The molecule has 0 fully saturated rings. The molecule has 3 heteroatoms. The first kappa shape index (κ1) is 12.9. The molecule has 0 heterocycles. The molecule has 0 aliphatic carbocycles. The van der Waals surface area contributed by atoms with Gasteiger partial charge < -0.3 is 15.0 Å². The maximum Gasteiger partial charge on any atom is 0.0631 e. The van der Waals surface area contributed by atoms with Crippen LogP contribution < -0.4 is 5.32 Å². The molecule has 0 radical (unpaired) electrons. The van der Waals surface area contributed by atoms with E-state index < -0.39 is 0 Å². The molecule has 0 aliphatic heterocycles. The fourth-order valence-corrected chi connectivity index (χ4v) is 1.28. The van der Waals surface area contributed by atoms with Crippen LogP contribution in [0.25, 0.3) is 0 Å². The average molecular weight is 188 g/mol. The van der Waals surface area contributed by atoms with E-state index in [1.807, 2.05) is 14.0 Å². The van der Waals surface area contributed by atoms with Crippen molar-refractivity contribution in [2.45, 2.75) is 26.8 Å². The Morgan fingerprint density at radius 3 is 2.23 bits per heavy atom. The lowest BCUT2D eigenvalue weighted by atomic mass is 10.3. The van der Waals surface area contributed by atoms with Gasteiger partial charge in [0, 0.05) is 19.2 Å². The van der Waals surface area contributed by atoms with E-state index in [0.717, 1.165) is 32.8 Å². The summed E-state index contributed by atoms with van der Waals surface area (Å²) >= 11 is 0. The summed E-state index contributed by atoms with van der Waals surface area (Å²) in [5.41, 5.74) is 0. The third-order valence-electron chi connectivity index (χ3n) is 2.30. The number of likely N-dealkylation sites (N-methyl/N-ethyl adjacent to an activating group) is 2. The summed E-state index contributed by atoms with van der Waals surface area (Å²) in [5.74, 6) is 0. The normalized spacial score (nSPS) is 13.6. The highest BCUT2D eigenvalue weighted by Gasteiger charge is 2.09. The SMILES string of the molecule is CCOCC(CN(CC)CC)NC. The summed E-state index contributed by atoms with van der Waals surface area (Å²) < 4.78 is 5.39. The van der Waals surface area contributed by atoms with Gasteiger partial charge in [0.15, 0.2) is 0 Å². The summed E-state index contributed by atoms with van der Waals surface area (Å²) in [4.78, 5) is 2.40. The molecular weight excluding hydrogens is 164 g/mol. The summed E-state index contributed by atoms with van der Waals surface area (Å²) in [7, 11) is 1.99. The van der Waals surface area contributed by atoms with Gasteiger partial charge in [-0.2, -0.15) is 0 Å². The van der Waals surface area contributed by atoms with E-state index in [0.29, 0.717) is 6.04 Å². The van der Waals surface area contributed by atoms with Crippen LogP contribution in [-0.2, 0) is 4.74 Å². The lowest BCUT2D eigenvalue weighted by Gasteiger charge is -2.24. The lowest BCUT2D eigenvalue weighted by molar-refractivity contribution is 0.109. The number of nitrogens with zero attached hydrogens (tertiary/aromatic N) is 1. The van der Waals surface area contributed by atoms with Crippen molar-refractivity contribution >= 4 is 0 Å². The maximum atomic E-state index is 5.39. The molecule has 0 amide bonds. The molecule has 0 aromatic rings. The minimum Gasteiger partial charge on any atom is -0.380 e. The number of nitrogens with one attached hydrogen (secondary N) is 1. The Morgan fingerprint density at radius 2 is 1.85 bits per heavy atom. The van der Waals surface area contributed by atoms with Gasteiger partial charge in [0.05, 0.1) is 6.61 Å². The Balaban J connectivity index is 3.67. The van der Waals surface area contributed by atoms with E-state index in [2.05, 4.69) is 24.1 Å². The Kier molecular flexibility index (Phi) is 8.40. The maximum absolute atomic E-state index is 5.39. The number of rotatable bonds is 8. The Labute approximate surface area is 82.4 Å². The zero-order valence-electron chi connectivity index (χ0n) is 9.47. The van der Waals surface area contributed by atoms with Crippen molar-refractivity contribution in [1.82, 2.24) is 10.2 Å². The van der Waals surface area contributed by atoms with Crippen LogP contribution in [0.4, 0.5) is 0 Å². The van der Waals surface area contributed by atoms with Crippen molar-refractivity contribution in [1.29, 1.82) is 0 Å². The fourth-order valence-electron chi connectivity index (χ4n) is 1.28. The minimum atomic E-state index is 0.458.